The van der Waals surface area contributed by atoms with E-state index in [0.717, 1.165) is 6.54 Å². The molecule has 0 bridgehead atoms. The second-order valence-electron chi connectivity index (χ2n) is 4.43. The van der Waals surface area contributed by atoms with Gasteiger partial charge in [-0.2, -0.15) is 0 Å². The molecule has 0 aliphatic heterocycles. The fourth-order valence-electron chi connectivity index (χ4n) is 2.04. The summed E-state index contributed by atoms with van der Waals surface area (Å²) in [5.41, 5.74) is 8.27. The van der Waals surface area contributed by atoms with Crippen LogP contribution in [0.25, 0.3) is 0 Å². The van der Waals surface area contributed by atoms with Crippen molar-refractivity contribution < 1.29 is 4.74 Å². The van der Waals surface area contributed by atoms with Gasteiger partial charge in [-0.25, -0.2) is 0 Å². The van der Waals surface area contributed by atoms with Crippen LogP contribution in [-0.4, -0.2) is 13.7 Å². The van der Waals surface area contributed by atoms with Crippen molar-refractivity contribution in [2.75, 3.05) is 13.7 Å². The van der Waals surface area contributed by atoms with Crippen LogP contribution >= 0.6 is 11.3 Å². The fourth-order valence-corrected chi connectivity index (χ4v) is 2.70. The summed E-state index contributed by atoms with van der Waals surface area (Å²) in [7, 11) is 1.71. The number of rotatable bonds is 7. The first-order valence-corrected chi connectivity index (χ1v) is 7.25. The van der Waals surface area contributed by atoms with Crippen molar-refractivity contribution in [2.24, 2.45) is 5.73 Å². The Balaban J connectivity index is 2.01. The number of hydrogen-bond acceptors (Lipinski definition) is 4. The maximum atomic E-state index is 5.88. The number of hydrogen-bond donors (Lipinski definition) is 2. The van der Waals surface area contributed by atoms with Crippen LogP contribution in [0.3, 0.4) is 0 Å². The van der Waals surface area contributed by atoms with Gasteiger partial charge >= 0.3 is 0 Å². The summed E-state index contributed by atoms with van der Waals surface area (Å²) in [5, 5.41) is 5.59. The van der Waals surface area contributed by atoms with Gasteiger partial charge in [-0.1, -0.05) is 30.3 Å². The number of nitrogens with one attached hydrogen (secondary N) is 1. The summed E-state index contributed by atoms with van der Waals surface area (Å²) < 4.78 is 5.17. The lowest BCUT2D eigenvalue weighted by Gasteiger charge is -2.17. The van der Waals surface area contributed by atoms with E-state index < -0.39 is 0 Å². The highest BCUT2D eigenvalue weighted by molar-refractivity contribution is 7.09. The molecule has 1 unspecified atom stereocenters. The Bertz CT molecular complexity index is 485. The molecule has 0 fully saturated rings. The second-order valence-corrected chi connectivity index (χ2v) is 5.46. The van der Waals surface area contributed by atoms with Crippen molar-refractivity contribution in [3.8, 4) is 0 Å². The average Bonchev–Trinajstić information content (AvgIpc) is 2.94. The van der Waals surface area contributed by atoms with Gasteiger partial charge in [0, 0.05) is 31.1 Å². The molecule has 0 radical (unpaired) electrons. The van der Waals surface area contributed by atoms with Crippen LogP contribution in [0.4, 0.5) is 0 Å². The Morgan fingerprint density at radius 3 is 2.89 bits per heavy atom. The van der Waals surface area contributed by atoms with Crippen LogP contribution in [-0.2, 0) is 17.9 Å². The third kappa shape index (κ3) is 4.14. The summed E-state index contributed by atoms with van der Waals surface area (Å²) in [6.45, 7) is 2.08. The smallest absolute Gasteiger partial charge is 0.0713 e. The molecule has 1 atom stereocenters. The Morgan fingerprint density at radius 1 is 1.32 bits per heavy atom. The lowest BCUT2D eigenvalue weighted by molar-refractivity contribution is 0.185. The summed E-state index contributed by atoms with van der Waals surface area (Å²) in [5.74, 6) is 0. The van der Waals surface area contributed by atoms with E-state index in [2.05, 4.69) is 47.1 Å². The minimum atomic E-state index is 0.180. The van der Waals surface area contributed by atoms with Crippen LogP contribution in [0.2, 0.25) is 0 Å². The zero-order valence-electron chi connectivity index (χ0n) is 11.1. The fraction of sp³-hybridized carbons (Fsp3) is 0.333. The highest BCUT2D eigenvalue weighted by Crippen LogP contribution is 2.16. The minimum Gasteiger partial charge on any atom is -0.380 e. The molecule has 0 saturated carbocycles. The number of nitrogens with two attached hydrogens (primary N) is 1. The first-order valence-electron chi connectivity index (χ1n) is 6.37. The van der Waals surface area contributed by atoms with E-state index in [0.29, 0.717) is 13.2 Å². The molecular formula is C15H20N2OS. The minimum absolute atomic E-state index is 0.180. The zero-order chi connectivity index (χ0) is 13.5. The molecule has 2 rings (SSSR count). The molecule has 0 aliphatic carbocycles. The first-order chi connectivity index (χ1) is 9.33. The standard InChI is InChI=1S/C15H20N2OS/c1-18-11-12-4-2-5-13(8-12)15(9-16)17-10-14-6-3-7-19-14/h2-8,15,17H,9-11,16H2,1H3. The van der Waals surface area contributed by atoms with Gasteiger partial charge in [-0.3, -0.25) is 0 Å². The molecule has 0 aliphatic rings. The van der Waals surface area contributed by atoms with Crippen molar-refractivity contribution in [3.63, 3.8) is 0 Å². The van der Waals surface area contributed by atoms with Gasteiger partial charge in [0.25, 0.3) is 0 Å². The van der Waals surface area contributed by atoms with Crippen molar-refractivity contribution in [1.82, 2.24) is 5.32 Å². The molecule has 3 N–H and O–H groups in total. The molecule has 19 heavy (non-hydrogen) atoms. The Hall–Kier alpha value is -1.20. The Kier molecular flexibility index (Phi) is 5.54. The van der Waals surface area contributed by atoms with E-state index in [1.54, 1.807) is 18.4 Å². The van der Waals surface area contributed by atoms with Crippen LogP contribution in [0.15, 0.2) is 41.8 Å². The monoisotopic (exact) mass is 276 g/mol. The molecule has 1 heterocycles. The molecule has 0 spiro atoms. The molecule has 1 aromatic carbocycles. The van der Waals surface area contributed by atoms with E-state index in [-0.39, 0.29) is 6.04 Å². The van der Waals surface area contributed by atoms with E-state index in [4.69, 9.17) is 10.5 Å². The molecule has 2 aromatic rings. The third-order valence-electron chi connectivity index (χ3n) is 3.00. The summed E-state index contributed by atoms with van der Waals surface area (Å²) in [6.07, 6.45) is 0. The lowest BCUT2D eigenvalue weighted by Crippen LogP contribution is -2.27. The van der Waals surface area contributed by atoms with Crippen molar-refractivity contribution >= 4 is 11.3 Å². The molecule has 4 heteroatoms. The Morgan fingerprint density at radius 2 is 2.21 bits per heavy atom. The van der Waals surface area contributed by atoms with E-state index >= 15 is 0 Å². The molecule has 3 nitrogen and oxygen atoms in total. The van der Waals surface area contributed by atoms with E-state index in [1.165, 1.54) is 16.0 Å². The van der Waals surface area contributed by atoms with Gasteiger partial charge in [0.15, 0.2) is 0 Å². The van der Waals surface area contributed by atoms with Gasteiger partial charge < -0.3 is 15.8 Å². The summed E-state index contributed by atoms with van der Waals surface area (Å²) in [6, 6.07) is 12.8. The maximum Gasteiger partial charge on any atom is 0.0713 e. The topological polar surface area (TPSA) is 47.3 Å². The predicted molar refractivity (Wildman–Crippen MR) is 80.1 cm³/mol. The van der Waals surface area contributed by atoms with Gasteiger partial charge in [0.1, 0.15) is 0 Å². The van der Waals surface area contributed by atoms with Gasteiger partial charge in [-0.15, -0.1) is 11.3 Å². The van der Waals surface area contributed by atoms with E-state index in [1.807, 2.05) is 0 Å². The van der Waals surface area contributed by atoms with Crippen molar-refractivity contribution in [1.29, 1.82) is 0 Å². The molecule has 0 saturated heterocycles. The van der Waals surface area contributed by atoms with E-state index in [9.17, 15) is 0 Å². The summed E-state index contributed by atoms with van der Waals surface area (Å²) >= 11 is 1.76. The molecule has 1 aromatic heterocycles. The van der Waals surface area contributed by atoms with Crippen LogP contribution < -0.4 is 11.1 Å². The van der Waals surface area contributed by atoms with Crippen molar-refractivity contribution in [3.05, 3.63) is 57.8 Å². The second kappa shape index (κ2) is 7.40. The van der Waals surface area contributed by atoms with Crippen LogP contribution in [0.1, 0.15) is 22.0 Å². The average molecular weight is 276 g/mol. The van der Waals surface area contributed by atoms with Crippen LogP contribution in [0, 0.1) is 0 Å². The number of ether oxygens (including phenoxy) is 1. The Labute approximate surface area is 118 Å². The first kappa shape index (κ1) is 14.2. The molecule has 0 amide bonds. The van der Waals surface area contributed by atoms with Crippen molar-refractivity contribution in [2.45, 2.75) is 19.2 Å². The normalized spacial score (nSPS) is 12.5. The quantitative estimate of drug-likeness (QED) is 0.817. The van der Waals surface area contributed by atoms with Gasteiger partial charge in [0.05, 0.1) is 6.61 Å². The number of benzene rings is 1. The molecule has 102 valence electrons. The highest BCUT2D eigenvalue weighted by Gasteiger charge is 2.09. The highest BCUT2D eigenvalue weighted by atomic mass is 32.1. The third-order valence-corrected chi connectivity index (χ3v) is 3.88. The number of methoxy groups -OCH3 is 1. The zero-order valence-corrected chi connectivity index (χ0v) is 12.0. The lowest BCUT2D eigenvalue weighted by atomic mass is 10.0. The summed E-state index contributed by atoms with van der Waals surface area (Å²) in [4.78, 5) is 1.33. The van der Waals surface area contributed by atoms with Crippen LogP contribution in [0.5, 0.6) is 0 Å². The predicted octanol–water partition coefficient (Wildman–Crippen LogP) is 2.68. The molecular weight excluding hydrogens is 256 g/mol. The SMILES string of the molecule is COCc1cccc(C(CN)NCc2cccs2)c1. The maximum absolute atomic E-state index is 5.88. The number of thiophene rings is 1. The largest absolute Gasteiger partial charge is 0.380 e. The van der Waals surface area contributed by atoms with Gasteiger partial charge in [-0.05, 0) is 22.6 Å². The van der Waals surface area contributed by atoms with Gasteiger partial charge in [0.2, 0.25) is 0 Å².